The van der Waals surface area contributed by atoms with E-state index in [4.69, 9.17) is 0 Å². The summed E-state index contributed by atoms with van der Waals surface area (Å²) in [7, 11) is 0. The second kappa shape index (κ2) is 5.81. The van der Waals surface area contributed by atoms with Crippen molar-refractivity contribution in [1.82, 2.24) is 14.8 Å². The van der Waals surface area contributed by atoms with E-state index in [2.05, 4.69) is 10.1 Å². The maximum Gasteiger partial charge on any atom is 0.336 e. The molecule has 0 saturated carbocycles. The highest BCUT2D eigenvalue weighted by Crippen LogP contribution is 2.19. The average molecular weight is 293 g/mol. The maximum absolute atomic E-state index is 11.3. The molecule has 0 unspecified atom stereocenters. The van der Waals surface area contributed by atoms with Crippen LogP contribution < -0.4 is 0 Å². The van der Waals surface area contributed by atoms with Crippen molar-refractivity contribution >= 4 is 5.97 Å². The Kier molecular flexibility index (Phi) is 3.70. The summed E-state index contributed by atoms with van der Waals surface area (Å²) in [5.74, 6) is -0.939. The molecule has 0 saturated heterocycles. The molecular weight excluding hydrogens is 278 g/mol. The maximum atomic E-state index is 11.3. The van der Waals surface area contributed by atoms with Crippen LogP contribution >= 0.6 is 0 Å². The lowest BCUT2D eigenvalue weighted by molar-refractivity contribution is 0.0695. The van der Waals surface area contributed by atoms with Gasteiger partial charge in [-0.3, -0.25) is 4.98 Å². The van der Waals surface area contributed by atoms with Gasteiger partial charge in [0.1, 0.15) is 0 Å². The lowest BCUT2D eigenvalue weighted by Gasteiger charge is -2.07. The fraction of sp³-hybridized carbons (Fsp3) is 0.118. The number of para-hydroxylation sites is 1. The van der Waals surface area contributed by atoms with Crippen LogP contribution in [0.5, 0.6) is 0 Å². The van der Waals surface area contributed by atoms with Gasteiger partial charge in [0.05, 0.1) is 17.4 Å². The number of aromatic carboxylic acids is 1. The third-order valence-corrected chi connectivity index (χ3v) is 3.63. The quantitative estimate of drug-likeness (QED) is 0.803. The minimum atomic E-state index is -0.939. The van der Waals surface area contributed by atoms with Crippen molar-refractivity contribution in [2.45, 2.75) is 13.3 Å². The first kappa shape index (κ1) is 14.0. The van der Waals surface area contributed by atoms with Crippen LogP contribution in [0.25, 0.3) is 5.69 Å². The topological polar surface area (TPSA) is 68.0 Å². The van der Waals surface area contributed by atoms with Crippen LogP contribution in [-0.4, -0.2) is 25.8 Å². The molecule has 0 bridgehead atoms. The molecule has 3 rings (SSSR count). The van der Waals surface area contributed by atoms with E-state index in [9.17, 15) is 9.90 Å². The smallest absolute Gasteiger partial charge is 0.336 e. The van der Waals surface area contributed by atoms with Gasteiger partial charge >= 0.3 is 5.97 Å². The second-order valence-electron chi connectivity index (χ2n) is 5.02. The number of nitrogens with zero attached hydrogens (tertiary/aromatic N) is 3. The highest BCUT2D eigenvalue weighted by Gasteiger charge is 2.14. The number of hydrogen-bond donors (Lipinski definition) is 1. The molecule has 0 atom stereocenters. The first-order valence-corrected chi connectivity index (χ1v) is 6.92. The van der Waals surface area contributed by atoms with Gasteiger partial charge in [0.2, 0.25) is 0 Å². The van der Waals surface area contributed by atoms with Crippen LogP contribution in [0.1, 0.15) is 27.2 Å². The highest BCUT2D eigenvalue weighted by atomic mass is 16.4. The lowest BCUT2D eigenvalue weighted by Crippen LogP contribution is -2.04. The summed E-state index contributed by atoms with van der Waals surface area (Å²) >= 11 is 0. The summed E-state index contributed by atoms with van der Waals surface area (Å²) in [5.41, 5.74) is 3.93. The predicted molar refractivity (Wildman–Crippen MR) is 82.3 cm³/mol. The first-order valence-electron chi connectivity index (χ1n) is 6.92. The normalized spacial score (nSPS) is 10.6. The predicted octanol–water partition coefficient (Wildman–Crippen LogP) is 2.86. The van der Waals surface area contributed by atoms with Crippen molar-refractivity contribution in [2.75, 3.05) is 0 Å². The number of aromatic nitrogens is 3. The Morgan fingerprint density at radius 3 is 2.64 bits per heavy atom. The number of carboxylic acid groups (broad SMARTS) is 1. The fourth-order valence-corrected chi connectivity index (χ4v) is 2.43. The van der Waals surface area contributed by atoms with Crippen molar-refractivity contribution in [3.63, 3.8) is 0 Å². The molecule has 0 spiro atoms. The van der Waals surface area contributed by atoms with Gasteiger partial charge in [-0.05, 0) is 36.2 Å². The highest BCUT2D eigenvalue weighted by molar-refractivity contribution is 5.89. The van der Waals surface area contributed by atoms with Gasteiger partial charge in [0.25, 0.3) is 0 Å². The molecule has 0 aliphatic carbocycles. The van der Waals surface area contributed by atoms with Crippen molar-refractivity contribution in [2.24, 2.45) is 0 Å². The molecule has 22 heavy (non-hydrogen) atoms. The second-order valence-corrected chi connectivity index (χ2v) is 5.02. The van der Waals surface area contributed by atoms with Gasteiger partial charge in [-0.2, -0.15) is 5.10 Å². The zero-order chi connectivity index (χ0) is 15.5. The van der Waals surface area contributed by atoms with E-state index in [0.717, 1.165) is 16.9 Å². The molecule has 2 aromatic heterocycles. The lowest BCUT2D eigenvalue weighted by atomic mass is 10.0. The molecule has 5 heteroatoms. The minimum absolute atomic E-state index is 0.280. The SMILES string of the molecule is Cc1c(Cc2cnccc2C(=O)O)cnn1-c1ccccc1. The number of pyridine rings is 1. The third kappa shape index (κ3) is 2.61. The van der Waals surface area contributed by atoms with Crippen LogP contribution in [0.3, 0.4) is 0 Å². The molecule has 0 radical (unpaired) electrons. The van der Waals surface area contributed by atoms with Crippen molar-refractivity contribution in [3.8, 4) is 5.69 Å². The van der Waals surface area contributed by atoms with Crippen LogP contribution in [0.15, 0.2) is 55.0 Å². The molecule has 0 amide bonds. The molecule has 1 N–H and O–H groups in total. The van der Waals surface area contributed by atoms with Crippen LogP contribution in [0, 0.1) is 6.92 Å². The monoisotopic (exact) mass is 293 g/mol. The fourth-order valence-electron chi connectivity index (χ4n) is 2.43. The van der Waals surface area contributed by atoms with E-state index in [1.165, 1.54) is 12.3 Å². The molecule has 1 aromatic carbocycles. The van der Waals surface area contributed by atoms with Gasteiger partial charge < -0.3 is 5.11 Å². The van der Waals surface area contributed by atoms with Crippen molar-refractivity contribution < 1.29 is 9.90 Å². The summed E-state index contributed by atoms with van der Waals surface area (Å²) in [4.78, 5) is 15.3. The number of carbonyl (C=O) groups is 1. The Labute approximate surface area is 127 Å². The molecule has 0 aliphatic heterocycles. The van der Waals surface area contributed by atoms with Crippen LogP contribution in [0.4, 0.5) is 0 Å². The van der Waals surface area contributed by atoms with Gasteiger partial charge in [-0.1, -0.05) is 18.2 Å². The molecule has 110 valence electrons. The molecule has 0 fully saturated rings. The van der Waals surface area contributed by atoms with E-state index in [1.807, 2.05) is 41.9 Å². The Bertz CT molecular complexity index is 810. The summed E-state index contributed by atoms with van der Waals surface area (Å²) in [6, 6.07) is 11.4. The standard InChI is InChI=1S/C17H15N3O2/c1-12-13(9-14-10-18-8-7-16(14)17(21)22)11-19-20(12)15-5-3-2-4-6-15/h2-8,10-11H,9H2,1H3,(H,21,22). The van der Waals surface area contributed by atoms with Gasteiger partial charge in [0.15, 0.2) is 0 Å². The largest absolute Gasteiger partial charge is 0.478 e. The van der Waals surface area contributed by atoms with E-state index >= 15 is 0 Å². The van der Waals surface area contributed by atoms with Gasteiger partial charge in [-0.25, -0.2) is 9.48 Å². The third-order valence-electron chi connectivity index (χ3n) is 3.63. The average Bonchev–Trinajstić information content (AvgIpc) is 2.89. The number of carboxylic acids is 1. The van der Waals surface area contributed by atoms with E-state index in [0.29, 0.717) is 12.0 Å². The molecule has 5 nitrogen and oxygen atoms in total. The number of rotatable bonds is 4. The van der Waals surface area contributed by atoms with E-state index in [-0.39, 0.29) is 5.56 Å². The van der Waals surface area contributed by atoms with Crippen molar-refractivity contribution in [3.05, 3.63) is 77.4 Å². The Balaban J connectivity index is 1.95. The summed E-state index contributed by atoms with van der Waals surface area (Å²) in [5, 5.41) is 13.7. The first-order chi connectivity index (χ1) is 10.7. The van der Waals surface area contributed by atoms with E-state index in [1.54, 1.807) is 12.4 Å². The Hall–Kier alpha value is -2.95. The number of benzene rings is 1. The van der Waals surface area contributed by atoms with Crippen LogP contribution in [0.2, 0.25) is 0 Å². The van der Waals surface area contributed by atoms with Crippen LogP contribution in [-0.2, 0) is 6.42 Å². The van der Waals surface area contributed by atoms with Crippen molar-refractivity contribution in [1.29, 1.82) is 0 Å². The Morgan fingerprint density at radius 2 is 1.91 bits per heavy atom. The Morgan fingerprint density at radius 1 is 1.14 bits per heavy atom. The van der Waals surface area contributed by atoms with Gasteiger partial charge in [0, 0.05) is 24.5 Å². The zero-order valence-electron chi connectivity index (χ0n) is 12.1. The molecule has 3 aromatic rings. The zero-order valence-corrected chi connectivity index (χ0v) is 12.1. The summed E-state index contributed by atoms with van der Waals surface area (Å²) < 4.78 is 1.85. The van der Waals surface area contributed by atoms with E-state index < -0.39 is 5.97 Å². The van der Waals surface area contributed by atoms with Gasteiger partial charge in [-0.15, -0.1) is 0 Å². The summed E-state index contributed by atoms with van der Waals surface area (Å²) in [6.45, 7) is 1.98. The molecule has 2 heterocycles. The minimum Gasteiger partial charge on any atom is -0.478 e. The molecular formula is C17H15N3O2. The summed E-state index contributed by atoms with van der Waals surface area (Å²) in [6.07, 6.45) is 5.37. The molecule has 0 aliphatic rings. The number of hydrogen-bond acceptors (Lipinski definition) is 3.